The number of carbonyl (C=O) groups excluding carboxylic acids is 1. The number of H-pyrrole nitrogens is 1. The Morgan fingerprint density at radius 3 is 2.49 bits per heavy atom. The van der Waals surface area contributed by atoms with Gasteiger partial charge in [0.2, 0.25) is 5.91 Å². The van der Waals surface area contributed by atoms with Crippen LogP contribution in [0.1, 0.15) is 28.7 Å². The number of aryl methyl sites for hydroxylation is 1. The first-order chi connectivity index (χ1) is 18.1. The van der Waals surface area contributed by atoms with E-state index in [0.29, 0.717) is 13.1 Å². The first kappa shape index (κ1) is 26.5. The highest BCUT2D eigenvalue weighted by Crippen LogP contribution is 2.19. The molecule has 0 spiro atoms. The number of rotatable bonds is 14. The van der Waals surface area contributed by atoms with Crippen molar-refractivity contribution in [3.63, 3.8) is 0 Å². The van der Waals surface area contributed by atoms with Gasteiger partial charge in [0.05, 0.1) is 13.2 Å². The molecule has 194 valence electrons. The molecule has 0 saturated carbocycles. The number of halogens is 1. The lowest BCUT2D eigenvalue weighted by Gasteiger charge is -2.16. The van der Waals surface area contributed by atoms with Crippen molar-refractivity contribution >= 4 is 16.8 Å². The molecule has 1 heterocycles. The molecule has 0 saturated heterocycles. The molecule has 3 aromatic carbocycles. The van der Waals surface area contributed by atoms with Gasteiger partial charge in [0, 0.05) is 36.2 Å². The topological polar surface area (TPSA) is 86.4 Å². The van der Waals surface area contributed by atoms with Gasteiger partial charge in [-0.15, -0.1) is 0 Å². The molecule has 0 aliphatic heterocycles. The molecule has 6 nitrogen and oxygen atoms in total. The van der Waals surface area contributed by atoms with Crippen LogP contribution in [0.5, 0.6) is 0 Å². The van der Waals surface area contributed by atoms with Gasteiger partial charge in [-0.2, -0.15) is 0 Å². The summed E-state index contributed by atoms with van der Waals surface area (Å²) in [5, 5.41) is 17.4. The smallest absolute Gasteiger partial charge is 0.246 e. The van der Waals surface area contributed by atoms with Gasteiger partial charge in [-0.1, -0.05) is 54.6 Å². The molecular formula is C30H34FN3O3. The number of aliphatic hydroxyl groups excluding tert-OH is 1. The highest BCUT2D eigenvalue weighted by molar-refractivity contribution is 5.83. The van der Waals surface area contributed by atoms with Crippen LogP contribution in [0.2, 0.25) is 0 Å². The minimum atomic E-state index is -0.291. The lowest BCUT2D eigenvalue weighted by atomic mass is 10.0. The Morgan fingerprint density at radius 2 is 1.70 bits per heavy atom. The normalized spacial score (nSPS) is 12.1. The fraction of sp³-hybridized carbons (Fsp3) is 0.300. The minimum absolute atomic E-state index is 0.0196. The van der Waals surface area contributed by atoms with E-state index in [2.05, 4.69) is 52.0 Å². The van der Waals surface area contributed by atoms with Crippen LogP contribution in [-0.2, 0) is 35.5 Å². The molecule has 4 aromatic rings. The second-order valence-corrected chi connectivity index (χ2v) is 9.21. The van der Waals surface area contributed by atoms with E-state index >= 15 is 0 Å². The van der Waals surface area contributed by atoms with Gasteiger partial charge in [0.25, 0.3) is 0 Å². The minimum Gasteiger partial charge on any atom is -0.395 e. The molecule has 37 heavy (non-hydrogen) atoms. The largest absolute Gasteiger partial charge is 0.395 e. The van der Waals surface area contributed by atoms with Crippen molar-refractivity contribution in [3.05, 3.63) is 107 Å². The fourth-order valence-electron chi connectivity index (χ4n) is 4.27. The highest BCUT2D eigenvalue weighted by atomic mass is 19.1. The molecular weight excluding hydrogens is 469 g/mol. The van der Waals surface area contributed by atoms with Crippen LogP contribution < -0.4 is 10.6 Å². The monoisotopic (exact) mass is 503 g/mol. The van der Waals surface area contributed by atoms with E-state index in [1.807, 2.05) is 18.3 Å². The second-order valence-electron chi connectivity index (χ2n) is 9.21. The maximum atomic E-state index is 12.9. The predicted molar refractivity (Wildman–Crippen MR) is 144 cm³/mol. The van der Waals surface area contributed by atoms with E-state index in [1.54, 1.807) is 12.1 Å². The van der Waals surface area contributed by atoms with Crippen molar-refractivity contribution in [2.24, 2.45) is 0 Å². The summed E-state index contributed by atoms with van der Waals surface area (Å²) in [6.45, 7) is 1.59. The molecule has 0 aliphatic rings. The highest BCUT2D eigenvalue weighted by Gasteiger charge is 2.11. The summed E-state index contributed by atoms with van der Waals surface area (Å²) in [6.07, 6.45) is 4.47. The Kier molecular flexibility index (Phi) is 9.82. The molecule has 4 rings (SSSR count). The zero-order chi connectivity index (χ0) is 25.9. The molecule has 0 radical (unpaired) electrons. The number of nitrogens with one attached hydrogen (secondary N) is 3. The van der Waals surface area contributed by atoms with Crippen LogP contribution >= 0.6 is 0 Å². The van der Waals surface area contributed by atoms with E-state index in [4.69, 9.17) is 4.74 Å². The van der Waals surface area contributed by atoms with Crippen LogP contribution in [0, 0.1) is 5.82 Å². The molecule has 1 aromatic heterocycles. The predicted octanol–water partition coefficient (Wildman–Crippen LogP) is 4.27. The Labute approximate surface area is 216 Å². The molecule has 0 aliphatic carbocycles. The zero-order valence-electron chi connectivity index (χ0n) is 20.9. The quantitative estimate of drug-likeness (QED) is 0.194. The van der Waals surface area contributed by atoms with Gasteiger partial charge in [0.15, 0.2) is 0 Å². The van der Waals surface area contributed by atoms with Crippen LogP contribution in [0.15, 0.2) is 79.0 Å². The van der Waals surface area contributed by atoms with Gasteiger partial charge >= 0.3 is 0 Å². The molecule has 1 amide bonds. The van der Waals surface area contributed by atoms with Crippen molar-refractivity contribution in [1.82, 2.24) is 15.6 Å². The summed E-state index contributed by atoms with van der Waals surface area (Å²) >= 11 is 0. The Bertz CT molecular complexity index is 1260. The maximum absolute atomic E-state index is 12.9. The number of para-hydroxylation sites is 1. The van der Waals surface area contributed by atoms with E-state index in [-0.39, 0.29) is 37.6 Å². The van der Waals surface area contributed by atoms with Gasteiger partial charge in [0.1, 0.15) is 12.4 Å². The third kappa shape index (κ3) is 8.25. The zero-order valence-corrected chi connectivity index (χ0v) is 20.9. The number of hydrogen-bond acceptors (Lipinski definition) is 4. The average Bonchev–Trinajstić information content (AvgIpc) is 3.33. The second kappa shape index (κ2) is 13.7. The lowest BCUT2D eigenvalue weighted by Crippen LogP contribution is -2.34. The van der Waals surface area contributed by atoms with Gasteiger partial charge in [-0.05, 0) is 59.7 Å². The number of ether oxygens (including phenoxy) is 1. The van der Waals surface area contributed by atoms with Crippen LogP contribution in [0.25, 0.3) is 10.9 Å². The number of benzene rings is 3. The van der Waals surface area contributed by atoms with Gasteiger partial charge < -0.3 is 25.5 Å². The van der Waals surface area contributed by atoms with Crippen LogP contribution in [0.4, 0.5) is 4.39 Å². The summed E-state index contributed by atoms with van der Waals surface area (Å²) < 4.78 is 18.3. The number of fused-ring (bicyclic) bond motifs is 1. The Balaban J connectivity index is 1.12. The summed E-state index contributed by atoms with van der Waals surface area (Å²) in [4.78, 5) is 15.2. The van der Waals surface area contributed by atoms with Crippen molar-refractivity contribution < 1.29 is 19.0 Å². The maximum Gasteiger partial charge on any atom is 0.246 e. The molecule has 1 atom stereocenters. The van der Waals surface area contributed by atoms with E-state index in [0.717, 1.165) is 35.9 Å². The van der Waals surface area contributed by atoms with Crippen molar-refractivity contribution in [3.8, 4) is 0 Å². The number of aromatic amines is 1. The summed E-state index contributed by atoms with van der Waals surface area (Å²) in [5.74, 6) is -0.449. The number of aromatic nitrogens is 1. The van der Waals surface area contributed by atoms with E-state index < -0.39 is 0 Å². The summed E-state index contributed by atoms with van der Waals surface area (Å²) in [5.41, 5.74) is 5.51. The third-order valence-electron chi connectivity index (χ3n) is 6.36. The first-order valence-corrected chi connectivity index (χ1v) is 12.7. The molecule has 1 unspecified atom stereocenters. The van der Waals surface area contributed by atoms with Crippen LogP contribution in [-0.4, -0.2) is 41.8 Å². The number of aliphatic hydroxyl groups is 1. The fourth-order valence-corrected chi connectivity index (χ4v) is 4.27. The van der Waals surface area contributed by atoms with Crippen molar-refractivity contribution in [1.29, 1.82) is 0 Å². The summed E-state index contributed by atoms with van der Waals surface area (Å²) in [7, 11) is 0. The number of carbonyl (C=O) groups is 1. The third-order valence-corrected chi connectivity index (χ3v) is 6.36. The molecule has 4 N–H and O–H groups in total. The van der Waals surface area contributed by atoms with Crippen molar-refractivity contribution in [2.45, 2.75) is 38.5 Å². The SMILES string of the molecule is O=C(COCc1ccc(F)cc1)NCCCc1ccc(CNC(CO)Cc2c[nH]c3ccccc23)cc1. The Morgan fingerprint density at radius 1 is 0.973 bits per heavy atom. The van der Waals surface area contributed by atoms with E-state index in [9.17, 15) is 14.3 Å². The number of hydrogen-bond donors (Lipinski definition) is 4. The summed E-state index contributed by atoms with van der Waals surface area (Å²) in [6, 6.07) is 22.6. The molecule has 0 bridgehead atoms. The van der Waals surface area contributed by atoms with Crippen LogP contribution in [0.3, 0.4) is 0 Å². The molecule has 0 fully saturated rings. The standard InChI is InChI=1S/C30H34FN3O3/c31-26-13-11-24(12-14-26)20-37-21-30(36)32-15-3-4-22-7-9-23(10-8-22)17-33-27(19-35)16-25-18-34-29-6-2-1-5-28(25)29/h1-2,5-14,18,27,33-35H,3-4,15-17,19-21H2,(H,32,36). The van der Waals surface area contributed by atoms with E-state index in [1.165, 1.54) is 28.6 Å². The van der Waals surface area contributed by atoms with Crippen molar-refractivity contribution in [2.75, 3.05) is 19.8 Å². The van der Waals surface area contributed by atoms with Gasteiger partial charge in [-0.3, -0.25) is 4.79 Å². The first-order valence-electron chi connectivity index (χ1n) is 12.7. The molecule has 7 heteroatoms. The average molecular weight is 504 g/mol. The number of amides is 1. The van der Waals surface area contributed by atoms with Gasteiger partial charge in [-0.25, -0.2) is 4.39 Å². The Hall–Kier alpha value is -3.52. The lowest BCUT2D eigenvalue weighted by molar-refractivity contribution is -0.126.